The molecule has 1 aromatic carbocycles. The highest BCUT2D eigenvalue weighted by Gasteiger charge is 2.13. The first-order valence-corrected chi connectivity index (χ1v) is 6.13. The van der Waals surface area contributed by atoms with Crippen LogP contribution in [0.5, 0.6) is 0 Å². The van der Waals surface area contributed by atoms with Gasteiger partial charge in [0.15, 0.2) is 0 Å². The number of hydrogen-bond donors (Lipinski definition) is 0. The lowest BCUT2D eigenvalue weighted by Crippen LogP contribution is -2.34. The van der Waals surface area contributed by atoms with Crippen LogP contribution in [0.3, 0.4) is 0 Å². The Bertz CT molecular complexity index is 444. The van der Waals surface area contributed by atoms with Crippen molar-refractivity contribution in [3.8, 4) is 11.8 Å². The van der Waals surface area contributed by atoms with E-state index in [-0.39, 0.29) is 5.91 Å². The topological polar surface area (TPSA) is 20.3 Å². The highest BCUT2D eigenvalue weighted by Crippen LogP contribution is 2.08. The molecule has 0 bridgehead atoms. The maximum Gasteiger partial charge on any atom is 0.298 e. The number of piperidine rings is 1. The van der Waals surface area contributed by atoms with Crippen LogP contribution >= 0.6 is 0 Å². The first-order valence-electron chi connectivity index (χ1n) is 6.13. The van der Waals surface area contributed by atoms with Crippen LogP contribution in [0.1, 0.15) is 30.4 Å². The zero-order valence-electron chi connectivity index (χ0n) is 10.2. The molecule has 0 radical (unpaired) electrons. The van der Waals surface area contributed by atoms with E-state index in [1.165, 1.54) is 12.0 Å². The van der Waals surface area contributed by atoms with Gasteiger partial charge in [-0.3, -0.25) is 4.79 Å². The van der Waals surface area contributed by atoms with Gasteiger partial charge in [-0.1, -0.05) is 23.6 Å². The average Bonchev–Trinajstić information content (AvgIpc) is 2.39. The molecule has 0 atom stereocenters. The number of hydrogen-bond acceptors (Lipinski definition) is 1. The minimum atomic E-state index is -0.0368. The summed E-state index contributed by atoms with van der Waals surface area (Å²) in [6.45, 7) is 3.76. The van der Waals surface area contributed by atoms with Crippen molar-refractivity contribution >= 4 is 5.91 Å². The van der Waals surface area contributed by atoms with Gasteiger partial charge in [-0.15, -0.1) is 0 Å². The normalized spacial score (nSPS) is 15.0. The maximum atomic E-state index is 11.8. The van der Waals surface area contributed by atoms with Gasteiger partial charge < -0.3 is 4.90 Å². The Morgan fingerprint density at radius 1 is 1.12 bits per heavy atom. The standard InChI is InChI=1S/C15H17NO/c1-13-5-7-14(8-6-13)9-10-15(17)16-11-3-2-4-12-16/h5-8H,2-4,11-12H2,1H3. The molecule has 0 aromatic heterocycles. The maximum absolute atomic E-state index is 11.8. The minimum Gasteiger partial charge on any atom is -0.332 e. The molecule has 2 heteroatoms. The molecule has 0 unspecified atom stereocenters. The number of benzene rings is 1. The molecule has 0 aliphatic carbocycles. The van der Waals surface area contributed by atoms with Gasteiger partial charge in [-0.2, -0.15) is 0 Å². The Morgan fingerprint density at radius 3 is 2.41 bits per heavy atom. The SMILES string of the molecule is Cc1ccc(C#CC(=O)N2CCCCC2)cc1. The van der Waals surface area contributed by atoms with Crippen LogP contribution < -0.4 is 0 Å². The second-order valence-electron chi connectivity index (χ2n) is 4.47. The molecule has 88 valence electrons. The molecule has 1 aliphatic rings. The fourth-order valence-corrected chi connectivity index (χ4v) is 1.94. The lowest BCUT2D eigenvalue weighted by Gasteiger charge is -2.24. The highest BCUT2D eigenvalue weighted by atomic mass is 16.2. The molecule has 1 fully saturated rings. The molecule has 1 heterocycles. The number of carbonyl (C=O) groups is 1. The lowest BCUT2D eigenvalue weighted by molar-refractivity contribution is -0.125. The van der Waals surface area contributed by atoms with E-state index in [9.17, 15) is 4.79 Å². The zero-order valence-corrected chi connectivity index (χ0v) is 10.2. The minimum absolute atomic E-state index is 0.0368. The van der Waals surface area contributed by atoms with E-state index in [4.69, 9.17) is 0 Å². The molecule has 0 N–H and O–H groups in total. The molecular weight excluding hydrogens is 210 g/mol. The van der Waals surface area contributed by atoms with E-state index in [0.29, 0.717) is 0 Å². The molecule has 1 saturated heterocycles. The number of amides is 1. The molecule has 1 aliphatic heterocycles. The zero-order chi connectivity index (χ0) is 12.1. The monoisotopic (exact) mass is 227 g/mol. The predicted octanol–water partition coefficient (Wildman–Crippen LogP) is 2.36. The Labute approximate surface area is 103 Å². The quantitative estimate of drug-likeness (QED) is 0.623. The molecule has 1 aromatic rings. The molecular formula is C15H17NO. The first-order chi connectivity index (χ1) is 8.25. The molecule has 0 spiro atoms. The van der Waals surface area contributed by atoms with Crippen LogP contribution in [0, 0.1) is 18.8 Å². The number of rotatable bonds is 0. The highest BCUT2D eigenvalue weighted by molar-refractivity contribution is 5.94. The largest absolute Gasteiger partial charge is 0.332 e. The van der Waals surface area contributed by atoms with Crippen molar-refractivity contribution < 1.29 is 4.79 Å². The summed E-state index contributed by atoms with van der Waals surface area (Å²) in [5, 5.41) is 0. The van der Waals surface area contributed by atoms with Gasteiger partial charge in [0.2, 0.25) is 0 Å². The van der Waals surface area contributed by atoms with Gasteiger partial charge in [-0.05, 0) is 38.3 Å². The van der Waals surface area contributed by atoms with Crippen molar-refractivity contribution in [3.05, 3.63) is 35.4 Å². The number of likely N-dealkylation sites (tertiary alicyclic amines) is 1. The van der Waals surface area contributed by atoms with Crippen LogP contribution in [-0.2, 0) is 4.79 Å². The molecule has 17 heavy (non-hydrogen) atoms. The summed E-state index contributed by atoms with van der Waals surface area (Å²) in [6, 6.07) is 7.92. The van der Waals surface area contributed by atoms with Crippen LogP contribution in [0.25, 0.3) is 0 Å². The van der Waals surface area contributed by atoms with E-state index in [0.717, 1.165) is 31.5 Å². The van der Waals surface area contributed by atoms with E-state index < -0.39 is 0 Å². The molecule has 1 amide bonds. The Hall–Kier alpha value is -1.75. The van der Waals surface area contributed by atoms with Crippen LogP contribution in [0.4, 0.5) is 0 Å². The van der Waals surface area contributed by atoms with E-state index in [1.54, 1.807) is 0 Å². The van der Waals surface area contributed by atoms with Crippen molar-refractivity contribution in [2.75, 3.05) is 13.1 Å². The van der Waals surface area contributed by atoms with Crippen molar-refractivity contribution in [1.82, 2.24) is 4.90 Å². The Kier molecular flexibility index (Phi) is 3.82. The summed E-state index contributed by atoms with van der Waals surface area (Å²) in [5.74, 6) is 5.62. The lowest BCUT2D eigenvalue weighted by atomic mass is 10.1. The van der Waals surface area contributed by atoms with Gasteiger partial charge in [0.25, 0.3) is 5.91 Å². The van der Waals surface area contributed by atoms with Gasteiger partial charge in [0.1, 0.15) is 0 Å². The fourth-order valence-electron chi connectivity index (χ4n) is 1.94. The van der Waals surface area contributed by atoms with Gasteiger partial charge in [-0.25, -0.2) is 0 Å². The van der Waals surface area contributed by atoms with Gasteiger partial charge in [0.05, 0.1) is 0 Å². The number of aryl methyl sites for hydroxylation is 1. The van der Waals surface area contributed by atoms with Crippen molar-refractivity contribution in [1.29, 1.82) is 0 Å². The third-order valence-electron chi connectivity index (χ3n) is 3.01. The molecule has 2 nitrogen and oxygen atoms in total. The van der Waals surface area contributed by atoms with E-state index >= 15 is 0 Å². The van der Waals surface area contributed by atoms with Crippen molar-refractivity contribution in [2.45, 2.75) is 26.2 Å². The summed E-state index contributed by atoms with van der Waals surface area (Å²) in [5.41, 5.74) is 2.11. The van der Waals surface area contributed by atoms with Crippen molar-refractivity contribution in [3.63, 3.8) is 0 Å². The second-order valence-corrected chi connectivity index (χ2v) is 4.47. The Balaban J connectivity index is 2.00. The predicted molar refractivity (Wildman–Crippen MR) is 68.5 cm³/mol. The number of carbonyl (C=O) groups excluding carboxylic acids is 1. The molecule has 0 saturated carbocycles. The summed E-state index contributed by atoms with van der Waals surface area (Å²) in [6.07, 6.45) is 3.45. The Morgan fingerprint density at radius 2 is 1.76 bits per heavy atom. The fraction of sp³-hybridized carbons (Fsp3) is 0.400. The third-order valence-corrected chi connectivity index (χ3v) is 3.01. The summed E-state index contributed by atoms with van der Waals surface area (Å²) in [7, 11) is 0. The summed E-state index contributed by atoms with van der Waals surface area (Å²) in [4.78, 5) is 13.6. The van der Waals surface area contributed by atoms with Crippen molar-refractivity contribution in [2.24, 2.45) is 0 Å². The second kappa shape index (κ2) is 5.54. The smallest absolute Gasteiger partial charge is 0.298 e. The average molecular weight is 227 g/mol. The van der Waals surface area contributed by atoms with Gasteiger partial charge >= 0.3 is 0 Å². The van der Waals surface area contributed by atoms with E-state index in [1.807, 2.05) is 36.1 Å². The summed E-state index contributed by atoms with van der Waals surface area (Å²) >= 11 is 0. The van der Waals surface area contributed by atoms with Crippen LogP contribution in [0.2, 0.25) is 0 Å². The third kappa shape index (κ3) is 3.35. The van der Waals surface area contributed by atoms with Gasteiger partial charge in [0, 0.05) is 24.6 Å². The van der Waals surface area contributed by atoms with Crippen LogP contribution in [0.15, 0.2) is 24.3 Å². The summed E-state index contributed by atoms with van der Waals surface area (Å²) < 4.78 is 0. The molecule has 2 rings (SSSR count). The first kappa shape index (κ1) is 11.7. The van der Waals surface area contributed by atoms with Crippen LogP contribution in [-0.4, -0.2) is 23.9 Å². The van der Waals surface area contributed by atoms with E-state index in [2.05, 4.69) is 11.8 Å². The number of nitrogens with zero attached hydrogens (tertiary/aromatic N) is 1.